The van der Waals surface area contributed by atoms with Crippen LogP contribution in [-0.4, -0.2) is 148 Å². The summed E-state index contributed by atoms with van der Waals surface area (Å²) in [6, 6.07) is 18.7. The maximum Gasteiger partial charge on any atom is 0.359 e. The number of likely N-dealkylation sites (tertiary alicyclic amines) is 2. The number of likely N-dealkylation sites (N-methyl/N-ethyl adjacent to an activating group) is 2. The first-order chi connectivity index (χ1) is 35.2. The highest BCUT2D eigenvalue weighted by molar-refractivity contribution is 9.10. The molecule has 0 unspecified atom stereocenters. The molecule has 2 saturated heterocycles. The van der Waals surface area contributed by atoms with E-state index < -0.39 is 29.0 Å². The molecule has 6 aromatic rings. The van der Waals surface area contributed by atoms with Crippen molar-refractivity contribution in [2.75, 3.05) is 63.3 Å². The van der Waals surface area contributed by atoms with Gasteiger partial charge in [-0.2, -0.15) is 10.2 Å². The van der Waals surface area contributed by atoms with Gasteiger partial charge in [0.2, 0.25) is 23.1 Å². The SMILES string of the molecule is C.C#C[C@]1(O)CCN(C)C1=O.CCOC(=O)c1nn(-c2cccc(Br)c2)c2c1CN(c1ncccn1)CC2.CCOC(=O)c1nn(-c2cccc(C#C[C@]3(O)CCN(C)C3=O)c2)c2c1CN(c1ncccn1)CC2. The predicted octanol–water partition coefficient (Wildman–Crippen LogP) is 4.36. The van der Waals surface area contributed by atoms with E-state index in [4.69, 9.17) is 15.9 Å². The number of esters is 2. The molecule has 4 aliphatic rings. The van der Waals surface area contributed by atoms with Crippen LogP contribution in [0, 0.1) is 24.2 Å². The lowest BCUT2D eigenvalue weighted by Crippen LogP contribution is -2.37. The quantitative estimate of drug-likeness (QED) is 0.160. The number of rotatable bonds is 8. The maximum absolute atomic E-state index is 12.8. The summed E-state index contributed by atoms with van der Waals surface area (Å²) in [5.41, 5.74) is 3.24. The molecule has 2 amide bonds. The summed E-state index contributed by atoms with van der Waals surface area (Å²) in [6.45, 7) is 7.46. The fourth-order valence-electron chi connectivity index (χ4n) is 8.70. The summed E-state index contributed by atoms with van der Waals surface area (Å²) >= 11 is 3.50. The number of hydrogen-bond acceptors (Lipinski definition) is 16. The van der Waals surface area contributed by atoms with Crippen LogP contribution < -0.4 is 9.80 Å². The van der Waals surface area contributed by atoms with Crippen molar-refractivity contribution in [1.82, 2.24) is 49.3 Å². The third-order valence-electron chi connectivity index (χ3n) is 12.5. The van der Waals surface area contributed by atoms with Gasteiger partial charge in [-0.05, 0) is 62.4 Å². The largest absolute Gasteiger partial charge is 0.461 e. The summed E-state index contributed by atoms with van der Waals surface area (Å²) in [5.74, 6) is 7.37. The summed E-state index contributed by atoms with van der Waals surface area (Å²) in [7, 11) is 3.27. The van der Waals surface area contributed by atoms with E-state index in [-0.39, 0.29) is 32.1 Å². The van der Waals surface area contributed by atoms with Crippen molar-refractivity contribution in [3.8, 4) is 35.6 Å². The van der Waals surface area contributed by atoms with Crippen LogP contribution >= 0.6 is 15.9 Å². The number of aliphatic hydroxyl groups is 2. The van der Waals surface area contributed by atoms with Crippen LogP contribution in [0.25, 0.3) is 11.4 Å². The predicted molar refractivity (Wildman–Crippen MR) is 277 cm³/mol. The zero-order valence-electron chi connectivity index (χ0n) is 40.7. The van der Waals surface area contributed by atoms with Crippen LogP contribution in [0.5, 0.6) is 0 Å². The number of terminal acetylenes is 1. The number of carbonyl (C=O) groups excluding carboxylic acids is 4. The molecule has 0 saturated carbocycles. The van der Waals surface area contributed by atoms with E-state index in [0.29, 0.717) is 75.3 Å². The maximum atomic E-state index is 12.8. The van der Waals surface area contributed by atoms with Crippen LogP contribution in [0.4, 0.5) is 11.9 Å². The van der Waals surface area contributed by atoms with Gasteiger partial charge in [-0.15, -0.1) is 6.42 Å². The molecule has 74 heavy (non-hydrogen) atoms. The smallest absolute Gasteiger partial charge is 0.359 e. The second kappa shape index (κ2) is 23.3. The minimum atomic E-state index is -1.67. The van der Waals surface area contributed by atoms with Gasteiger partial charge in [-0.25, -0.2) is 38.9 Å². The van der Waals surface area contributed by atoms with Crippen LogP contribution in [-0.2, 0) is 45.0 Å². The van der Waals surface area contributed by atoms with Crippen LogP contribution in [0.15, 0.2) is 89.9 Å². The number of benzene rings is 2. The van der Waals surface area contributed by atoms with Gasteiger partial charge in [-0.3, -0.25) is 9.59 Å². The Morgan fingerprint density at radius 3 is 1.57 bits per heavy atom. The topological polar surface area (TPSA) is 227 Å². The van der Waals surface area contributed by atoms with E-state index in [1.54, 1.807) is 75.6 Å². The van der Waals surface area contributed by atoms with E-state index in [1.807, 2.05) is 52.0 Å². The number of hydrogen-bond donors (Lipinski definition) is 2. The monoisotopic (exact) mass is 1070 g/mol. The second-order valence-corrected chi connectivity index (χ2v) is 18.3. The minimum absolute atomic E-state index is 0. The Morgan fingerprint density at radius 1 is 0.689 bits per heavy atom. The van der Waals surface area contributed by atoms with Gasteiger partial charge < -0.3 is 39.3 Å². The van der Waals surface area contributed by atoms with Crippen LogP contribution in [0.1, 0.15) is 83.2 Å². The molecular weight excluding hydrogens is 1010 g/mol. The van der Waals surface area contributed by atoms with Crippen LogP contribution in [0.3, 0.4) is 0 Å². The number of aromatic nitrogens is 8. The Kier molecular flexibility index (Phi) is 16.9. The number of nitrogens with zero attached hydrogens (tertiary/aromatic N) is 12. The molecule has 8 heterocycles. The van der Waals surface area contributed by atoms with Crippen molar-refractivity contribution in [2.45, 2.75) is 71.2 Å². The van der Waals surface area contributed by atoms with Crippen molar-refractivity contribution in [3.05, 3.63) is 129 Å². The average molecular weight is 1070 g/mol. The molecule has 2 N–H and O–H groups in total. The minimum Gasteiger partial charge on any atom is -0.461 e. The lowest BCUT2D eigenvalue weighted by atomic mass is 10.0. The summed E-state index contributed by atoms with van der Waals surface area (Å²) in [4.78, 5) is 72.8. The number of carbonyl (C=O) groups is 4. The highest BCUT2D eigenvalue weighted by atomic mass is 79.9. The van der Waals surface area contributed by atoms with Gasteiger partial charge in [-0.1, -0.05) is 53.3 Å². The number of halogens is 1. The average Bonchev–Trinajstić information content (AvgIpc) is 4.14. The van der Waals surface area contributed by atoms with E-state index in [2.05, 4.69) is 68.7 Å². The molecule has 4 aromatic heterocycles. The fourth-order valence-corrected chi connectivity index (χ4v) is 9.09. The van der Waals surface area contributed by atoms with Gasteiger partial charge in [0.25, 0.3) is 11.8 Å². The zero-order chi connectivity index (χ0) is 51.9. The molecule has 21 heteroatoms. The van der Waals surface area contributed by atoms with Crippen LogP contribution in [0.2, 0.25) is 0 Å². The van der Waals surface area contributed by atoms with Crippen molar-refractivity contribution in [3.63, 3.8) is 0 Å². The zero-order valence-corrected chi connectivity index (χ0v) is 42.3. The van der Waals surface area contributed by atoms with E-state index in [1.165, 1.54) is 9.80 Å². The first-order valence-electron chi connectivity index (χ1n) is 23.6. The molecule has 10 rings (SSSR count). The van der Waals surface area contributed by atoms with Crippen molar-refractivity contribution >= 4 is 51.6 Å². The second-order valence-electron chi connectivity index (χ2n) is 17.4. The van der Waals surface area contributed by atoms with E-state index in [9.17, 15) is 29.4 Å². The first-order valence-corrected chi connectivity index (χ1v) is 24.4. The first kappa shape index (κ1) is 53.8. The van der Waals surface area contributed by atoms with Gasteiger partial charge >= 0.3 is 11.9 Å². The molecule has 20 nitrogen and oxygen atoms in total. The highest BCUT2D eigenvalue weighted by Crippen LogP contribution is 2.31. The third-order valence-corrected chi connectivity index (χ3v) is 13.0. The van der Waals surface area contributed by atoms with Crippen molar-refractivity contribution in [1.29, 1.82) is 0 Å². The lowest BCUT2D eigenvalue weighted by molar-refractivity contribution is -0.138. The molecule has 0 bridgehead atoms. The number of amides is 2. The molecule has 0 spiro atoms. The molecule has 2 atom stereocenters. The van der Waals surface area contributed by atoms with Gasteiger partial charge in [0, 0.05) is 112 Å². The molecule has 384 valence electrons. The van der Waals surface area contributed by atoms with Crippen molar-refractivity contribution < 1.29 is 38.9 Å². The third kappa shape index (κ3) is 11.4. The number of fused-ring (bicyclic) bond motifs is 2. The van der Waals surface area contributed by atoms with E-state index >= 15 is 0 Å². The molecule has 0 aliphatic carbocycles. The summed E-state index contributed by atoms with van der Waals surface area (Å²) < 4.78 is 15.1. The Balaban J connectivity index is 0.000000185. The normalized spacial score (nSPS) is 18.5. The van der Waals surface area contributed by atoms with Crippen molar-refractivity contribution in [2.24, 2.45) is 0 Å². The Hall–Kier alpha value is -7.98. The number of anilines is 2. The molecule has 2 fully saturated rings. The van der Waals surface area contributed by atoms with E-state index in [0.717, 1.165) is 51.3 Å². The Labute approximate surface area is 437 Å². The molecule has 4 aliphatic heterocycles. The number of ether oxygens (including phenoxy) is 2. The summed E-state index contributed by atoms with van der Waals surface area (Å²) in [6.07, 6.45) is 13.8. The molecular formula is C53H57BrN12O8. The van der Waals surface area contributed by atoms with Gasteiger partial charge in [0.1, 0.15) is 0 Å². The molecule has 0 radical (unpaired) electrons. The highest BCUT2D eigenvalue weighted by Gasteiger charge is 2.43. The molecule has 2 aromatic carbocycles. The van der Waals surface area contributed by atoms with Gasteiger partial charge in [0.05, 0.1) is 49.1 Å². The Bertz CT molecular complexity index is 3130. The Morgan fingerprint density at radius 2 is 1.15 bits per heavy atom. The van der Waals surface area contributed by atoms with Gasteiger partial charge in [0.15, 0.2) is 11.4 Å². The lowest BCUT2D eigenvalue weighted by Gasteiger charge is -2.27. The standard InChI is InChI=1S/C26H26N6O4.C19H18BrN5O2.C7H9NO2.CH4/c1-3-36-23(33)22-20-17-31(25-27-12-5-13-28-25)14-9-21(20)32(29-22)19-7-4-6-18(16-19)8-10-26(35)11-15-30(2)24(26)34;1-2-27-18(26)17-15-12-24(19-21-8-4-9-22-19)10-7-16(15)25(23-17)14-6-3-5-13(20)11-14;1-3-7(10)4-5-8(2)6(7)9;/h4-7,12-13,16,35H,3,9,11,14-15,17H2,1-2H3;3-6,8-9,11H,2,7,10,12H2,1H3;1,10H,4-5H2,2H3;1H4/t26-;;7-;/m0.0./s1. The fraction of sp³-hybridized carbons (Fsp3) is 0.358. The summed E-state index contributed by atoms with van der Waals surface area (Å²) in [5, 5.41) is 29.2.